The third-order valence-corrected chi connectivity index (χ3v) is 7.10. The van der Waals surface area contributed by atoms with Gasteiger partial charge in [-0.2, -0.15) is 0 Å². The van der Waals surface area contributed by atoms with Gasteiger partial charge >= 0.3 is 0 Å². The van der Waals surface area contributed by atoms with Crippen molar-refractivity contribution in [3.63, 3.8) is 0 Å². The smallest absolute Gasteiger partial charge is 0.274 e. The van der Waals surface area contributed by atoms with E-state index in [-0.39, 0.29) is 29.8 Å². The molecule has 35 heavy (non-hydrogen) atoms. The maximum Gasteiger partial charge on any atom is 0.274 e. The molecule has 9 nitrogen and oxygen atoms in total. The maximum atomic E-state index is 13.0. The predicted molar refractivity (Wildman–Crippen MR) is 144 cm³/mol. The monoisotopic (exact) mass is 504 g/mol. The van der Waals surface area contributed by atoms with Gasteiger partial charge in [-0.05, 0) is 30.8 Å². The summed E-state index contributed by atoms with van der Waals surface area (Å²) in [6.07, 6.45) is 8.81. The summed E-state index contributed by atoms with van der Waals surface area (Å²) in [5.74, 6) is 1.67. The lowest BCUT2D eigenvalue weighted by molar-refractivity contribution is -0.125. The Labute approximate surface area is 208 Å². The number of hydrogen-bond acceptors (Lipinski definition) is 7. The number of hydrogen-bond donors (Lipinski definition) is 3. The van der Waals surface area contributed by atoms with Crippen molar-refractivity contribution in [2.75, 3.05) is 55.6 Å². The molecule has 1 aliphatic heterocycles. The second-order valence-corrected chi connectivity index (χ2v) is 14.3. The van der Waals surface area contributed by atoms with Crippen molar-refractivity contribution < 1.29 is 19.0 Å². The van der Waals surface area contributed by atoms with Gasteiger partial charge in [0.05, 0.1) is 19.4 Å². The number of nitrogens with zero attached hydrogens (tertiary/aromatic N) is 1. The van der Waals surface area contributed by atoms with Crippen molar-refractivity contribution in [2.24, 2.45) is 13.0 Å². The quantitative estimate of drug-likeness (QED) is 0.259. The van der Waals surface area contributed by atoms with Crippen LogP contribution in [0.4, 0.5) is 11.4 Å². The third-order valence-electron chi connectivity index (χ3n) is 5.71. The number of nitrogens with one attached hydrogen (secondary N) is 3. The minimum atomic E-state index is -0.680. The zero-order valence-corrected chi connectivity index (χ0v) is 22.3. The highest BCUT2D eigenvalue weighted by molar-refractivity contribution is 8.32. The van der Waals surface area contributed by atoms with E-state index in [1.165, 1.54) is 11.7 Å². The van der Waals surface area contributed by atoms with Crippen LogP contribution in [-0.4, -0.2) is 67.8 Å². The molecule has 0 bridgehead atoms. The fourth-order valence-corrected chi connectivity index (χ4v) is 4.37. The minimum absolute atomic E-state index is 0.0512. The molecular weight excluding hydrogens is 468 g/mol. The van der Waals surface area contributed by atoms with E-state index in [1.807, 2.05) is 13.8 Å². The number of fused-ring (bicyclic) bond motifs is 1. The molecule has 1 aliphatic rings. The van der Waals surface area contributed by atoms with Crippen LogP contribution in [0.15, 0.2) is 23.1 Å². The van der Waals surface area contributed by atoms with Gasteiger partial charge in [0, 0.05) is 48.0 Å². The zero-order chi connectivity index (χ0) is 25.9. The molecule has 0 spiro atoms. The molecule has 2 aromatic rings. The fourth-order valence-electron chi connectivity index (χ4n) is 3.75. The van der Waals surface area contributed by atoms with Gasteiger partial charge in [-0.3, -0.25) is 9.59 Å². The molecule has 10 heteroatoms. The average Bonchev–Trinajstić information content (AvgIpc) is 2.78. The number of ether oxygens (including phenoxy) is 3. The number of carbonyl (C=O) groups excluding carboxylic acids is 1. The van der Waals surface area contributed by atoms with Crippen molar-refractivity contribution >= 4 is 33.5 Å². The Kier molecular flexibility index (Phi) is 8.17. The first kappa shape index (κ1) is 26.6. The Hall–Kier alpha value is -2.98. The lowest BCUT2D eigenvalue weighted by atomic mass is 9.97. The normalized spacial score (nSPS) is 15.8. The number of aromatic nitrogens is 1. The molecule has 0 saturated heterocycles. The van der Waals surface area contributed by atoms with Gasteiger partial charge in [0.15, 0.2) is 11.9 Å². The van der Waals surface area contributed by atoms with E-state index in [1.54, 1.807) is 25.4 Å². The highest BCUT2D eigenvalue weighted by atomic mass is 32.3. The Balaban J connectivity index is 2.07. The zero-order valence-electron chi connectivity index (χ0n) is 21.5. The lowest BCUT2D eigenvalue weighted by Gasteiger charge is -2.30. The first-order chi connectivity index (χ1) is 16.5. The van der Waals surface area contributed by atoms with Crippen LogP contribution in [-0.2, 0) is 16.6 Å². The van der Waals surface area contributed by atoms with Gasteiger partial charge in [-0.15, -0.1) is 0 Å². The standard InChI is InChI=1S/C25H36N4O5S/c1-15(2)22-24(30)28-20-11-16(32-4)10-17(23(20)34-22)19-13-29(3)25(31)21(18(19)12-26)27-14-33-8-9-35(5,6)7/h10-13,15,22,26-27H,8-9,14H2,1-7H3,(H,28,30). The second-order valence-electron chi connectivity index (χ2n) is 9.74. The first-order valence-electron chi connectivity index (χ1n) is 11.4. The van der Waals surface area contributed by atoms with Crippen LogP contribution in [0, 0.1) is 11.3 Å². The van der Waals surface area contributed by atoms with E-state index in [0.29, 0.717) is 40.5 Å². The molecule has 0 fully saturated rings. The van der Waals surface area contributed by atoms with Gasteiger partial charge in [0.25, 0.3) is 11.5 Å². The number of anilines is 2. The van der Waals surface area contributed by atoms with Crippen molar-refractivity contribution in [3.8, 4) is 22.6 Å². The summed E-state index contributed by atoms with van der Waals surface area (Å²) in [6.45, 7) is 4.56. The largest absolute Gasteiger partial charge is 0.497 e. The maximum absolute atomic E-state index is 13.0. The molecule has 192 valence electrons. The molecule has 0 aliphatic carbocycles. The molecule has 0 radical (unpaired) electrons. The minimum Gasteiger partial charge on any atom is -0.497 e. The van der Waals surface area contributed by atoms with Crippen LogP contribution in [0.3, 0.4) is 0 Å². The predicted octanol–water partition coefficient (Wildman–Crippen LogP) is 3.49. The summed E-state index contributed by atoms with van der Waals surface area (Å²) in [7, 11) is 2.51. The average molecular weight is 505 g/mol. The first-order valence-corrected chi connectivity index (χ1v) is 14.4. The number of pyridine rings is 1. The number of amides is 1. The fraction of sp³-hybridized carbons (Fsp3) is 0.480. The summed E-state index contributed by atoms with van der Waals surface area (Å²) in [5.41, 5.74) is 2.07. The molecule has 1 atom stereocenters. The highest BCUT2D eigenvalue weighted by Gasteiger charge is 2.33. The third kappa shape index (κ3) is 5.99. The molecule has 1 amide bonds. The second kappa shape index (κ2) is 10.7. The van der Waals surface area contributed by atoms with Crippen LogP contribution in [0.1, 0.15) is 19.4 Å². The lowest BCUT2D eigenvalue weighted by Crippen LogP contribution is -2.40. The van der Waals surface area contributed by atoms with Gasteiger partial charge < -0.3 is 34.8 Å². The number of aryl methyl sites for hydroxylation is 1. The summed E-state index contributed by atoms with van der Waals surface area (Å²) >= 11 is 0. The van der Waals surface area contributed by atoms with E-state index in [2.05, 4.69) is 29.4 Å². The van der Waals surface area contributed by atoms with Crippen LogP contribution in [0.2, 0.25) is 0 Å². The van der Waals surface area contributed by atoms with Crippen molar-refractivity contribution in [1.29, 1.82) is 5.41 Å². The van der Waals surface area contributed by atoms with Crippen LogP contribution in [0.25, 0.3) is 11.1 Å². The molecular formula is C25H36N4O5S. The van der Waals surface area contributed by atoms with E-state index in [4.69, 9.17) is 19.6 Å². The van der Waals surface area contributed by atoms with E-state index < -0.39 is 16.1 Å². The SMILES string of the molecule is COc1cc2c(c(-c3cn(C)c(=O)c(NCOCCS(C)(C)C)c3C=N)c1)OC(C(C)C)C(=O)N2. The number of carbonyl (C=O) groups is 1. The van der Waals surface area contributed by atoms with E-state index in [0.717, 1.165) is 12.0 Å². The van der Waals surface area contributed by atoms with Crippen LogP contribution >= 0.6 is 10.0 Å². The van der Waals surface area contributed by atoms with Gasteiger partial charge in [-0.1, -0.05) is 13.8 Å². The summed E-state index contributed by atoms with van der Waals surface area (Å²) in [5, 5.41) is 14.1. The van der Waals surface area contributed by atoms with E-state index in [9.17, 15) is 9.59 Å². The van der Waals surface area contributed by atoms with Crippen molar-refractivity contribution in [3.05, 3.63) is 34.2 Å². The molecule has 1 aromatic heterocycles. The van der Waals surface area contributed by atoms with Crippen LogP contribution in [0.5, 0.6) is 11.5 Å². The Morgan fingerprint density at radius 1 is 1.26 bits per heavy atom. The van der Waals surface area contributed by atoms with Crippen molar-refractivity contribution in [2.45, 2.75) is 20.0 Å². The Morgan fingerprint density at radius 3 is 2.57 bits per heavy atom. The number of rotatable bonds is 10. The Bertz CT molecular complexity index is 1170. The van der Waals surface area contributed by atoms with Gasteiger partial charge in [-0.25, -0.2) is 10.0 Å². The molecule has 0 saturated carbocycles. The van der Waals surface area contributed by atoms with Gasteiger partial charge in [0.2, 0.25) is 0 Å². The molecule has 1 unspecified atom stereocenters. The molecule has 2 heterocycles. The van der Waals surface area contributed by atoms with E-state index >= 15 is 0 Å². The molecule has 3 rings (SSSR count). The topological polar surface area (TPSA) is 115 Å². The number of benzene rings is 1. The van der Waals surface area contributed by atoms with Gasteiger partial charge in [0.1, 0.15) is 18.2 Å². The Morgan fingerprint density at radius 2 is 1.97 bits per heavy atom. The summed E-state index contributed by atoms with van der Waals surface area (Å²) in [6, 6.07) is 3.48. The van der Waals surface area contributed by atoms with Crippen molar-refractivity contribution in [1.82, 2.24) is 4.57 Å². The molecule has 3 N–H and O–H groups in total. The highest BCUT2D eigenvalue weighted by Crippen LogP contribution is 2.44. The number of methoxy groups -OCH3 is 1. The van der Waals surface area contributed by atoms with Crippen LogP contribution < -0.4 is 25.7 Å². The molecule has 1 aromatic carbocycles. The summed E-state index contributed by atoms with van der Waals surface area (Å²) < 4.78 is 18.8. The summed E-state index contributed by atoms with van der Waals surface area (Å²) in [4.78, 5) is 25.6.